The zero-order chi connectivity index (χ0) is 19.9. The van der Waals surface area contributed by atoms with Crippen LogP contribution in [0.3, 0.4) is 0 Å². The van der Waals surface area contributed by atoms with Crippen LogP contribution in [0.2, 0.25) is 0 Å². The lowest BCUT2D eigenvalue weighted by atomic mass is 10.1. The molecule has 0 aliphatic heterocycles. The number of aliphatic carboxylic acids is 1. The fourth-order valence-electron chi connectivity index (χ4n) is 1.84. The molecule has 0 saturated carbocycles. The van der Waals surface area contributed by atoms with Crippen molar-refractivity contribution < 1.29 is 34.1 Å². The number of benzene rings is 1. The lowest BCUT2D eigenvalue weighted by molar-refractivity contribution is -0.157. The minimum atomic E-state index is -1.37. The summed E-state index contributed by atoms with van der Waals surface area (Å²) in [5.41, 5.74) is 17.3. The number of rotatable bonds is 9. The molecule has 4 atom stereocenters. The van der Waals surface area contributed by atoms with E-state index in [9.17, 15) is 19.5 Å². The summed E-state index contributed by atoms with van der Waals surface area (Å²) in [7, 11) is 0. The molecular weight excluding hydrogens is 346 g/mol. The van der Waals surface area contributed by atoms with Crippen LogP contribution in [0.4, 0.5) is 0 Å². The molecule has 0 bridgehead atoms. The second-order valence-electron chi connectivity index (χ2n) is 5.72. The third-order valence-corrected chi connectivity index (χ3v) is 3.50. The predicted molar refractivity (Wildman–Crippen MR) is 89.9 cm³/mol. The average Bonchev–Trinajstić information content (AvgIpc) is 2.60. The average molecular weight is 369 g/mol. The molecule has 1 aromatic carbocycles. The Morgan fingerprint density at radius 1 is 1.04 bits per heavy atom. The summed E-state index contributed by atoms with van der Waals surface area (Å²) in [5.74, 6) is -2.96. The van der Waals surface area contributed by atoms with E-state index in [0.29, 0.717) is 5.56 Å². The first-order valence-electron chi connectivity index (χ1n) is 7.76. The minimum absolute atomic E-state index is 0.0885. The van der Waals surface area contributed by atoms with Gasteiger partial charge in [0, 0.05) is 0 Å². The van der Waals surface area contributed by atoms with Gasteiger partial charge in [-0.1, -0.05) is 12.1 Å². The second kappa shape index (κ2) is 9.70. The highest BCUT2D eigenvalue weighted by atomic mass is 16.6. The number of carboxylic acid groups (broad SMARTS) is 1. The van der Waals surface area contributed by atoms with Gasteiger partial charge in [-0.2, -0.15) is 0 Å². The Hall–Kier alpha value is -2.69. The fraction of sp³-hybridized carbons (Fsp3) is 0.438. The van der Waals surface area contributed by atoms with Crippen LogP contribution in [-0.4, -0.2) is 59.0 Å². The van der Waals surface area contributed by atoms with E-state index in [1.807, 2.05) is 0 Å². The van der Waals surface area contributed by atoms with E-state index in [-0.39, 0.29) is 12.2 Å². The monoisotopic (exact) mass is 369 g/mol. The maximum atomic E-state index is 12.0. The van der Waals surface area contributed by atoms with Gasteiger partial charge in [0.25, 0.3) is 0 Å². The predicted octanol–water partition coefficient (Wildman–Crippen LogP) is -1.52. The Bertz CT molecular complexity index is 635. The van der Waals surface area contributed by atoms with Gasteiger partial charge in [-0.05, 0) is 31.0 Å². The van der Waals surface area contributed by atoms with Crippen molar-refractivity contribution in [2.45, 2.75) is 37.6 Å². The van der Waals surface area contributed by atoms with Crippen LogP contribution in [0, 0.1) is 0 Å². The number of ether oxygens (including phenoxy) is 2. The van der Waals surface area contributed by atoms with E-state index in [1.165, 1.54) is 19.1 Å². The topological polar surface area (TPSA) is 188 Å². The maximum Gasteiger partial charge on any atom is 0.326 e. The van der Waals surface area contributed by atoms with Gasteiger partial charge >= 0.3 is 17.9 Å². The molecule has 0 amide bonds. The highest BCUT2D eigenvalue weighted by molar-refractivity contribution is 5.79. The second-order valence-corrected chi connectivity index (χ2v) is 5.72. The lowest BCUT2D eigenvalue weighted by Gasteiger charge is -2.21. The Labute approximate surface area is 149 Å². The molecule has 0 unspecified atom stereocenters. The van der Waals surface area contributed by atoms with Crippen molar-refractivity contribution in [3.05, 3.63) is 29.8 Å². The SMILES string of the molecule is C[C@@H](OC(=O)[C@@H](N)Cc1ccc(O)cc1)[C@H](N)C(=O)OC[C@H](N)C(=O)O. The van der Waals surface area contributed by atoms with Crippen LogP contribution < -0.4 is 17.2 Å². The number of carbonyl (C=O) groups excluding carboxylic acids is 2. The van der Waals surface area contributed by atoms with Crippen molar-refractivity contribution in [2.24, 2.45) is 17.2 Å². The quantitative estimate of drug-likeness (QED) is 0.319. The van der Waals surface area contributed by atoms with Gasteiger partial charge in [0.15, 0.2) is 0 Å². The van der Waals surface area contributed by atoms with Crippen LogP contribution in [0.1, 0.15) is 12.5 Å². The van der Waals surface area contributed by atoms with Gasteiger partial charge in [0.2, 0.25) is 0 Å². The van der Waals surface area contributed by atoms with E-state index >= 15 is 0 Å². The van der Waals surface area contributed by atoms with Gasteiger partial charge in [-0.3, -0.25) is 14.4 Å². The van der Waals surface area contributed by atoms with Crippen molar-refractivity contribution in [1.82, 2.24) is 0 Å². The van der Waals surface area contributed by atoms with Crippen molar-refractivity contribution in [3.63, 3.8) is 0 Å². The van der Waals surface area contributed by atoms with Crippen LogP contribution in [0.25, 0.3) is 0 Å². The van der Waals surface area contributed by atoms with E-state index < -0.39 is 48.7 Å². The van der Waals surface area contributed by atoms with Crippen molar-refractivity contribution in [2.75, 3.05) is 6.61 Å². The zero-order valence-corrected chi connectivity index (χ0v) is 14.2. The number of phenols is 1. The number of esters is 2. The number of nitrogens with two attached hydrogens (primary N) is 3. The molecule has 0 aliphatic carbocycles. The summed E-state index contributed by atoms with van der Waals surface area (Å²) in [5, 5.41) is 17.8. The first kappa shape index (κ1) is 21.4. The highest BCUT2D eigenvalue weighted by Crippen LogP contribution is 2.12. The van der Waals surface area contributed by atoms with E-state index in [1.54, 1.807) is 12.1 Å². The molecule has 0 aliphatic rings. The van der Waals surface area contributed by atoms with Gasteiger partial charge < -0.3 is 36.9 Å². The van der Waals surface area contributed by atoms with Crippen LogP contribution in [0.5, 0.6) is 5.75 Å². The molecule has 26 heavy (non-hydrogen) atoms. The number of phenolic OH excluding ortho intramolecular Hbond substituents is 1. The fourth-order valence-corrected chi connectivity index (χ4v) is 1.84. The molecule has 0 fully saturated rings. The first-order valence-corrected chi connectivity index (χ1v) is 7.76. The first-order chi connectivity index (χ1) is 12.1. The van der Waals surface area contributed by atoms with Crippen LogP contribution in [-0.2, 0) is 30.3 Å². The maximum absolute atomic E-state index is 12.0. The molecule has 10 heteroatoms. The summed E-state index contributed by atoms with van der Waals surface area (Å²) in [4.78, 5) is 34.3. The van der Waals surface area contributed by atoms with E-state index in [4.69, 9.17) is 27.0 Å². The van der Waals surface area contributed by atoms with Gasteiger partial charge in [-0.25, -0.2) is 0 Å². The largest absolute Gasteiger partial charge is 0.508 e. The standard InChI is InChI=1S/C16H23N3O7/c1-8(13(19)16(24)25-7-12(18)14(21)22)26-15(23)11(17)6-9-2-4-10(20)5-3-9/h2-5,8,11-13,20H,6-7,17-19H2,1H3,(H,21,22)/t8-,11+,12+,13+/m1/s1. The summed E-state index contributed by atoms with van der Waals surface area (Å²) in [6.07, 6.45) is -0.874. The molecule has 0 spiro atoms. The molecule has 0 radical (unpaired) electrons. The summed E-state index contributed by atoms with van der Waals surface area (Å²) in [6.45, 7) is 0.830. The molecule has 0 aromatic heterocycles. The van der Waals surface area contributed by atoms with Crippen molar-refractivity contribution in [3.8, 4) is 5.75 Å². The molecule has 144 valence electrons. The molecule has 10 nitrogen and oxygen atoms in total. The molecule has 8 N–H and O–H groups in total. The molecule has 0 heterocycles. The smallest absolute Gasteiger partial charge is 0.326 e. The summed E-state index contributed by atoms with van der Waals surface area (Å²) >= 11 is 0. The lowest BCUT2D eigenvalue weighted by Crippen LogP contribution is -2.47. The number of aromatic hydroxyl groups is 1. The minimum Gasteiger partial charge on any atom is -0.508 e. The molecule has 1 rings (SSSR count). The Morgan fingerprint density at radius 2 is 1.62 bits per heavy atom. The number of carbonyl (C=O) groups is 3. The Morgan fingerprint density at radius 3 is 2.15 bits per heavy atom. The van der Waals surface area contributed by atoms with E-state index in [0.717, 1.165) is 0 Å². The molecule has 1 aromatic rings. The molecule has 0 saturated heterocycles. The molecular formula is C16H23N3O7. The van der Waals surface area contributed by atoms with Crippen LogP contribution >= 0.6 is 0 Å². The highest BCUT2D eigenvalue weighted by Gasteiger charge is 2.28. The third kappa shape index (κ3) is 6.67. The van der Waals surface area contributed by atoms with Crippen LogP contribution in [0.15, 0.2) is 24.3 Å². The normalized spacial score (nSPS) is 15.4. The Balaban J connectivity index is 2.49. The summed E-state index contributed by atoms with van der Waals surface area (Å²) in [6, 6.07) is 2.46. The zero-order valence-electron chi connectivity index (χ0n) is 14.2. The van der Waals surface area contributed by atoms with Gasteiger partial charge in [0.05, 0.1) is 0 Å². The summed E-state index contributed by atoms with van der Waals surface area (Å²) < 4.78 is 9.74. The Kier molecular flexibility index (Phi) is 7.97. The number of hydrogen-bond donors (Lipinski definition) is 5. The number of hydrogen-bond acceptors (Lipinski definition) is 9. The van der Waals surface area contributed by atoms with Gasteiger partial charge in [0.1, 0.15) is 36.6 Å². The van der Waals surface area contributed by atoms with Crippen molar-refractivity contribution >= 4 is 17.9 Å². The third-order valence-electron chi connectivity index (χ3n) is 3.50. The van der Waals surface area contributed by atoms with Gasteiger partial charge in [-0.15, -0.1) is 0 Å². The van der Waals surface area contributed by atoms with Crippen molar-refractivity contribution in [1.29, 1.82) is 0 Å². The van der Waals surface area contributed by atoms with E-state index in [2.05, 4.69) is 4.74 Å². The number of carboxylic acids is 1.